The Kier molecular flexibility index (Phi) is 5.92. The molecule has 0 fully saturated rings. The lowest BCUT2D eigenvalue weighted by molar-refractivity contribution is 0.0597. The van der Waals surface area contributed by atoms with Gasteiger partial charge in [0.1, 0.15) is 23.3 Å². The Hall–Kier alpha value is -3.68. The van der Waals surface area contributed by atoms with Crippen molar-refractivity contribution < 1.29 is 33.0 Å². The third kappa shape index (κ3) is 3.69. The van der Waals surface area contributed by atoms with E-state index in [-0.39, 0.29) is 0 Å². The molecule has 2 aromatic carbocycles. The van der Waals surface area contributed by atoms with Crippen LogP contribution in [-0.2, 0) is 4.74 Å². The van der Waals surface area contributed by atoms with E-state index in [1.54, 1.807) is 30.3 Å². The van der Waals surface area contributed by atoms with E-state index in [0.717, 1.165) is 0 Å². The van der Waals surface area contributed by atoms with Gasteiger partial charge in [0.05, 0.1) is 35.5 Å². The topological polar surface area (TPSA) is 89.3 Å². The van der Waals surface area contributed by atoms with Crippen LogP contribution in [-0.4, -0.2) is 46.7 Å². The average molecular weight is 399 g/mol. The largest absolute Gasteiger partial charge is 0.496 e. The smallest absolute Gasteiger partial charge is 0.341 e. The van der Waals surface area contributed by atoms with Gasteiger partial charge in [0.25, 0.3) is 0 Å². The van der Waals surface area contributed by atoms with Gasteiger partial charge in [-0.1, -0.05) is 11.2 Å². The summed E-state index contributed by atoms with van der Waals surface area (Å²) in [6.45, 7) is 0. The van der Waals surface area contributed by atoms with Gasteiger partial charge in [0, 0.05) is 11.1 Å². The average Bonchev–Trinajstić information content (AvgIpc) is 3.26. The molecule has 1 heterocycles. The van der Waals surface area contributed by atoms with Crippen molar-refractivity contribution in [3.05, 3.63) is 42.2 Å². The molecule has 1 aromatic heterocycles. The van der Waals surface area contributed by atoms with Crippen molar-refractivity contribution in [1.29, 1.82) is 0 Å². The highest BCUT2D eigenvalue weighted by molar-refractivity contribution is 5.95. The maximum atomic E-state index is 12.1. The Bertz CT molecular complexity index is 1000. The molecular formula is C21H21NO7. The third-order valence-corrected chi connectivity index (χ3v) is 4.42. The number of carbonyl (C=O) groups is 1. The molecule has 0 unspecified atom stereocenters. The summed E-state index contributed by atoms with van der Waals surface area (Å²) in [6.07, 6.45) is 1.50. The Morgan fingerprint density at radius 3 is 2.03 bits per heavy atom. The van der Waals surface area contributed by atoms with E-state index in [9.17, 15) is 4.79 Å². The van der Waals surface area contributed by atoms with Crippen molar-refractivity contribution in [2.24, 2.45) is 0 Å². The second kappa shape index (κ2) is 8.55. The molecule has 0 atom stereocenters. The fourth-order valence-electron chi connectivity index (χ4n) is 3.01. The van der Waals surface area contributed by atoms with Crippen molar-refractivity contribution in [3.8, 4) is 45.4 Å². The van der Waals surface area contributed by atoms with E-state index in [2.05, 4.69) is 5.16 Å². The molecule has 0 aliphatic carbocycles. The number of hydrogen-bond donors (Lipinski definition) is 0. The van der Waals surface area contributed by atoms with E-state index >= 15 is 0 Å². The van der Waals surface area contributed by atoms with Crippen LogP contribution in [0.2, 0.25) is 0 Å². The van der Waals surface area contributed by atoms with Gasteiger partial charge < -0.3 is 28.2 Å². The zero-order valence-electron chi connectivity index (χ0n) is 16.8. The maximum Gasteiger partial charge on any atom is 0.341 e. The first-order valence-electron chi connectivity index (χ1n) is 8.59. The van der Waals surface area contributed by atoms with Crippen molar-refractivity contribution in [2.45, 2.75) is 0 Å². The Balaban J connectivity index is 2.15. The second-order valence-corrected chi connectivity index (χ2v) is 5.90. The minimum absolute atomic E-state index is 0.296. The number of aromatic nitrogens is 1. The molecule has 29 heavy (non-hydrogen) atoms. The van der Waals surface area contributed by atoms with Gasteiger partial charge in [-0.25, -0.2) is 4.79 Å². The molecule has 0 saturated carbocycles. The van der Waals surface area contributed by atoms with Gasteiger partial charge in [0.15, 0.2) is 11.5 Å². The highest BCUT2D eigenvalue weighted by atomic mass is 16.5. The zero-order valence-corrected chi connectivity index (χ0v) is 16.8. The van der Waals surface area contributed by atoms with Gasteiger partial charge >= 0.3 is 5.97 Å². The molecule has 0 spiro atoms. The predicted octanol–water partition coefficient (Wildman–Crippen LogP) is 3.83. The summed E-state index contributed by atoms with van der Waals surface area (Å²) in [5.41, 5.74) is 2.91. The number of methoxy groups -OCH3 is 5. The summed E-state index contributed by atoms with van der Waals surface area (Å²) >= 11 is 0. The van der Waals surface area contributed by atoms with Gasteiger partial charge in [-0.05, 0) is 29.8 Å². The molecule has 0 amide bonds. The molecule has 3 rings (SSSR count). The molecule has 0 bridgehead atoms. The van der Waals surface area contributed by atoms with Gasteiger partial charge in [-0.3, -0.25) is 0 Å². The van der Waals surface area contributed by atoms with Gasteiger partial charge in [-0.2, -0.15) is 0 Å². The van der Waals surface area contributed by atoms with E-state index in [1.807, 2.05) is 0 Å². The maximum absolute atomic E-state index is 12.1. The standard InChI is InChI=1S/C21H21NO7/c1-24-16-7-6-12(8-14(16)21(23)28-5)15-11-29-22-19(15)13-9-17(25-2)20(27-4)18(10-13)26-3/h6-11H,1-5H3. The van der Waals surface area contributed by atoms with Crippen molar-refractivity contribution >= 4 is 5.97 Å². The number of benzene rings is 2. The third-order valence-electron chi connectivity index (χ3n) is 4.42. The lowest BCUT2D eigenvalue weighted by Crippen LogP contribution is -2.04. The van der Waals surface area contributed by atoms with Crippen molar-refractivity contribution in [1.82, 2.24) is 5.16 Å². The number of rotatable bonds is 7. The monoisotopic (exact) mass is 399 g/mol. The fourth-order valence-corrected chi connectivity index (χ4v) is 3.01. The normalized spacial score (nSPS) is 10.4. The molecular weight excluding hydrogens is 378 g/mol. The molecule has 0 saturated heterocycles. The van der Waals surface area contributed by atoms with Crippen molar-refractivity contribution in [2.75, 3.05) is 35.5 Å². The fraction of sp³-hybridized carbons (Fsp3) is 0.238. The number of esters is 1. The Labute approximate surface area is 167 Å². The van der Waals surface area contributed by atoms with E-state index in [0.29, 0.717) is 50.9 Å². The lowest BCUT2D eigenvalue weighted by atomic mass is 9.99. The molecule has 152 valence electrons. The zero-order chi connectivity index (χ0) is 21.0. The van der Waals surface area contributed by atoms with Crippen LogP contribution in [0.4, 0.5) is 0 Å². The van der Waals surface area contributed by atoms with Gasteiger partial charge in [-0.15, -0.1) is 0 Å². The first kappa shape index (κ1) is 20.1. The van der Waals surface area contributed by atoms with Crippen LogP contribution in [0.15, 0.2) is 41.1 Å². The molecule has 3 aromatic rings. The number of ether oxygens (including phenoxy) is 5. The van der Waals surface area contributed by atoms with E-state index in [4.69, 9.17) is 28.2 Å². The molecule has 0 aliphatic heterocycles. The molecule has 8 nitrogen and oxygen atoms in total. The summed E-state index contributed by atoms with van der Waals surface area (Å²) in [4.78, 5) is 12.1. The van der Waals surface area contributed by atoms with Crippen LogP contribution in [0.5, 0.6) is 23.0 Å². The number of carbonyl (C=O) groups excluding carboxylic acids is 1. The van der Waals surface area contributed by atoms with E-state index < -0.39 is 5.97 Å². The van der Waals surface area contributed by atoms with Crippen LogP contribution in [0.25, 0.3) is 22.4 Å². The molecule has 0 N–H and O–H groups in total. The highest BCUT2D eigenvalue weighted by Gasteiger charge is 2.21. The summed E-state index contributed by atoms with van der Waals surface area (Å²) < 4.78 is 31.5. The predicted molar refractivity (Wildman–Crippen MR) is 105 cm³/mol. The first-order valence-corrected chi connectivity index (χ1v) is 8.59. The lowest BCUT2D eigenvalue weighted by Gasteiger charge is -2.14. The van der Waals surface area contributed by atoms with Crippen LogP contribution >= 0.6 is 0 Å². The summed E-state index contributed by atoms with van der Waals surface area (Å²) in [5.74, 6) is 1.35. The number of nitrogens with zero attached hydrogens (tertiary/aromatic N) is 1. The Morgan fingerprint density at radius 1 is 0.828 bits per heavy atom. The van der Waals surface area contributed by atoms with Crippen LogP contribution in [0.3, 0.4) is 0 Å². The second-order valence-electron chi connectivity index (χ2n) is 5.90. The molecule has 0 radical (unpaired) electrons. The Morgan fingerprint density at radius 2 is 1.48 bits per heavy atom. The van der Waals surface area contributed by atoms with E-state index in [1.165, 1.54) is 41.8 Å². The minimum atomic E-state index is -0.505. The van der Waals surface area contributed by atoms with Crippen LogP contribution in [0, 0.1) is 0 Å². The summed E-state index contributed by atoms with van der Waals surface area (Å²) in [6, 6.07) is 8.70. The van der Waals surface area contributed by atoms with Gasteiger partial charge in [0.2, 0.25) is 5.75 Å². The number of hydrogen-bond acceptors (Lipinski definition) is 8. The quantitative estimate of drug-likeness (QED) is 0.554. The highest BCUT2D eigenvalue weighted by Crippen LogP contribution is 2.43. The van der Waals surface area contributed by atoms with Crippen LogP contribution in [0.1, 0.15) is 10.4 Å². The SMILES string of the molecule is COC(=O)c1cc(-c2conc2-c2cc(OC)c(OC)c(OC)c2)ccc1OC. The first-order chi connectivity index (χ1) is 14.1. The summed E-state index contributed by atoms with van der Waals surface area (Å²) in [7, 11) is 7.42. The van der Waals surface area contributed by atoms with Crippen LogP contribution < -0.4 is 18.9 Å². The molecule has 8 heteroatoms. The minimum Gasteiger partial charge on any atom is -0.496 e. The summed E-state index contributed by atoms with van der Waals surface area (Å²) in [5, 5.41) is 4.13. The molecule has 0 aliphatic rings. The van der Waals surface area contributed by atoms with Crippen molar-refractivity contribution in [3.63, 3.8) is 0 Å².